The second kappa shape index (κ2) is 7.60. The van der Waals surface area contributed by atoms with Crippen molar-refractivity contribution in [1.82, 2.24) is 4.98 Å². The summed E-state index contributed by atoms with van der Waals surface area (Å²) < 4.78 is 23.8. The minimum atomic E-state index is -0.614. The first kappa shape index (κ1) is 17.3. The number of rotatable bonds is 5. The number of benzene rings is 2. The number of carbonyl (C=O) groups is 2. The number of aromatic nitrogens is 1. The summed E-state index contributed by atoms with van der Waals surface area (Å²) in [6.45, 7) is -0.358. The molecule has 132 valence electrons. The number of fused-ring (bicyclic) bond motifs is 1. The largest absolute Gasteiger partial charge is 0.483 e. The highest BCUT2D eigenvalue weighted by Crippen LogP contribution is 2.25. The van der Waals surface area contributed by atoms with Gasteiger partial charge in [-0.3, -0.25) is 4.79 Å². The summed E-state index contributed by atoms with van der Waals surface area (Å²) >= 11 is 0. The van der Waals surface area contributed by atoms with Crippen molar-refractivity contribution < 1.29 is 23.5 Å². The first-order chi connectivity index (χ1) is 12.6. The molecule has 0 saturated heterocycles. The molecule has 0 saturated carbocycles. The van der Waals surface area contributed by atoms with Crippen LogP contribution in [0.15, 0.2) is 54.6 Å². The molecule has 2 aromatic carbocycles. The molecule has 1 N–H and O–H groups in total. The summed E-state index contributed by atoms with van der Waals surface area (Å²) in [4.78, 5) is 28.0. The molecule has 3 rings (SSSR count). The van der Waals surface area contributed by atoms with Gasteiger partial charge in [-0.05, 0) is 24.3 Å². The minimum Gasteiger partial charge on any atom is -0.483 e. The molecule has 3 aromatic rings. The van der Waals surface area contributed by atoms with Crippen molar-refractivity contribution in [2.75, 3.05) is 19.0 Å². The molecule has 0 fully saturated rings. The van der Waals surface area contributed by atoms with E-state index in [2.05, 4.69) is 15.0 Å². The molecule has 0 bridgehead atoms. The van der Waals surface area contributed by atoms with Gasteiger partial charge in [-0.1, -0.05) is 24.3 Å². The van der Waals surface area contributed by atoms with E-state index in [-0.39, 0.29) is 18.0 Å². The molecule has 1 heterocycles. The molecule has 0 radical (unpaired) electrons. The Hall–Kier alpha value is -3.48. The number of pyridine rings is 1. The molecule has 0 aliphatic carbocycles. The molecule has 26 heavy (non-hydrogen) atoms. The van der Waals surface area contributed by atoms with Gasteiger partial charge >= 0.3 is 5.97 Å². The smallest absolute Gasteiger partial charge is 0.356 e. The third-order valence-corrected chi connectivity index (χ3v) is 3.58. The maximum Gasteiger partial charge on any atom is 0.356 e. The average Bonchev–Trinajstić information content (AvgIpc) is 2.67. The highest BCUT2D eigenvalue weighted by Gasteiger charge is 2.14. The Morgan fingerprint density at radius 3 is 2.62 bits per heavy atom. The number of carbonyl (C=O) groups excluding carboxylic acids is 2. The van der Waals surface area contributed by atoms with Crippen LogP contribution < -0.4 is 10.1 Å². The maximum atomic E-state index is 13.6. The van der Waals surface area contributed by atoms with Crippen molar-refractivity contribution in [3.8, 4) is 5.75 Å². The van der Waals surface area contributed by atoms with E-state index >= 15 is 0 Å². The van der Waals surface area contributed by atoms with Crippen molar-refractivity contribution >= 4 is 28.5 Å². The molecule has 7 heteroatoms. The van der Waals surface area contributed by atoms with Gasteiger partial charge in [0.25, 0.3) is 5.91 Å². The van der Waals surface area contributed by atoms with Crippen molar-refractivity contribution in [2.24, 2.45) is 0 Å². The van der Waals surface area contributed by atoms with Crippen molar-refractivity contribution in [3.63, 3.8) is 0 Å². The van der Waals surface area contributed by atoms with E-state index in [1.165, 1.54) is 31.4 Å². The van der Waals surface area contributed by atoms with Gasteiger partial charge in [0.05, 0.1) is 18.3 Å². The first-order valence-electron chi connectivity index (χ1n) is 7.74. The van der Waals surface area contributed by atoms with Crippen molar-refractivity contribution in [3.05, 3.63) is 66.1 Å². The van der Waals surface area contributed by atoms with Gasteiger partial charge in [0.15, 0.2) is 12.3 Å². The Morgan fingerprint density at radius 1 is 1.12 bits per heavy atom. The summed E-state index contributed by atoms with van der Waals surface area (Å²) in [5, 5.41) is 3.07. The van der Waals surface area contributed by atoms with Crippen molar-refractivity contribution in [1.29, 1.82) is 0 Å². The molecular formula is C19H15FN2O4. The molecular weight excluding hydrogens is 339 g/mol. The fourth-order valence-electron chi connectivity index (χ4n) is 2.36. The number of hydrogen-bond donors (Lipinski definition) is 1. The van der Waals surface area contributed by atoms with Crippen LogP contribution in [-0.4, -0.2) is 30.6 Å². The van der Waals surface area contributed by atoms with Crippen LogP contribution in [0.2, 0.25) is 0 Å². The van der Waals surface area contributed by atoms with E-state index < -0.39 is 17.7 Å². The molecule has 1 amide bonds. The van der Waals surface area contributed by atoms with Gasteiger partial charge in [0.2, 0.25) is 0 Å². The zero-order valence-electron chi connectivity index (χ0n) is 13.9. The highest BCUT2D eigenvalue weighted by atomic mass is 19.1. The lowest BCUT2D eigenvalue weighted by Gasteiger charge is -2.11. The monoisotopic (exact) mass is 354 g/mol. The lowest BCUT2D eigenvalue weighted by Crippen LogP contribution is -2.21. The van der Waals surface area contributed by atoms with E-state index in [9.17, 15) is 14.0 Å². The summed E-state index contributed by atoms with van der Waals surface area (Å²) in [6.07, 6.45) is 0. The Bertz CT molecular complexity index is 975. The summed E-state index contributed by atoms with van der Waals surface area (Å²) in [5.74, 6) is -1.38. The predicted octanol–water partition coefficient (Wildman–Crippen LogP) is 3.18. The van der Waals surface area contributed by atoms with E-state index in [0.717, 1.165) is 0 Å². The third kappa shape index (κ3) is 3.77. The van der Waals surface area contributed by atoms with Crippen LogP contribution in [0, 0.1) is 5.82 Å². The average molecular weight is 354 g/mol. The number of hydrogen-bond acceptors (Lipinski definition) is 5. The molecule has 0 spiro atoms. The standard InChI is InChI=1S/C19H15FN2O4/c1-25-19(24)16-10-17(12-6-2-4-8-14(12)21-16)26-11-18(23)22-15-9-5-3-7-13(15)20/h2-10H,11H2,1H3,(H,22,23). The quantitative estimate of drug-likeness (QED) is 0.712. The number of methoxy groups -OCH3 is 1. The number of amides is 1. The zero-order chi connectivity index (χ0) is 18.5. The SMILES string of the molecule is COC(=O)c1cc(OCC(=O)Nc2ccccc2F)c2ccccc2n1. The molecule has 0 unspecified atom stereocenters. The van der Waals surface area contributed by atoms with Crippen LogP contribution in [0.4, 0.5) is 10.1 Å². The van der Waals surface area contributed by atoms with Crippen LogP contribution in [0.1, 0.15) is 10.5 Å². The fraction of sp³-hybridized carbons (Fsp3) is 0.105. The Balaban J connectivity index is 1.80. The van der Waals surface area contributed by atoms with E-state index in [1.807, 2.05) is 0 Å². The lowest BCUT2D eigenvalue weighted by molar-refractivity contribution is -0.118. The van der Waals surface area contributed by atoms with Crippen LogP contribution in [0.3, 0.4) is 0 Å². The number of para-hydroxylation sites is 2. The number of halogens is 1. The van der Waals surface area contributed by atoms with Gasteiger partial charge in [-0.2, -0.15) is 0 Å². The number of nitrogens with zero attached hydrogens (tertiary/aromatic N) is 1. The maximum absolute atomic E-state index is 13.6. The van der Waals surface area contributed by atoms with Gasteiger partial charge in [0, 0.05) is 11.5 Å². The second-order valence-electron chi connectivity index (χ2n) is 5.33. The number of ether oxygens (including phenoxy) is 2. The first-order valence-corrected chi connectivity index (χ1v) is 7.74. The van der Waals surface area contributed by atoms with Crippen LogP contribution in [0.25, 0.3) is 10.9 Å². The molecule has 6 nitrogen and oxygen atoms in total. The second-order valence-corrected chi connectivity index (χ2v) is 5.33. The number of anilines is 1. The Kier molecular flexibility index (Phi) is 5.07. The molecule has 1 aromatic heterocycles. The van der Waals surface area contributed by atoms with Gasteiger partial charge in [0.1, 0.15) is 11.6 Å². The number of nitrogens with one attached hydrogen (secondary N) is 1. The molecule has 0 aliphatic rings. The highest BCUT2D eigenvalue weighted by molar-refractivity contribution is 5.95. The minimum absolute atomic E-state index is 0.0655. The third-order valence-electron chi connectivity index (χ3n) is 3.58. The van der Waals surface area contributed by atoms with E-state index in [4.69, 9.17) is 4.74 Å². The zero-order valence-corrected chi connectivity index (χ0v) is 13.9. The number of esters is 1. The lowest BCUT2D eigenvalue weighted by atomic mass is 10.2. The normalized spacial score (nSPS) is 10.4. The van der Waals surface area contributed by atoms with Crippen LogP contribution in [0.5, 0.6) is 5.75 Å². The van der Waals surface area contributed by atoms with Gasteiger partial charge in [-0.25, -0.2) is 14.2 Å². The predicted molar refractivity (Wildman–Crippen MR) is 93.6 cm³/mol. The fourth-order valence-corrected chi connectivity index (χ4v) is 2.36. The summed E-state index contributed by atoms with van der Waals surface area (Å²) in [5.41, 5.74) is 0.659. The molecule has 0 atom stereocenters. The van der Waals surface area contributed by atoms with Gasteiger partial charge < -0.3 is 14.8 Å². The Morgan fingerprint density at radius 2 is 1.85 bits per heavy atom. The summed E-state index contributed by atoms with van der Waals surface area (Å²) in [7, 11) is 1.25. The van der Waals surface area contributed by atoms with Crippen LogP contribution in [-0.2, 0) is 9.53 Å². The molecule has 0 aliphatic heterocycles. The van der Waals surface area contributed by atoms with Gasteiger partial charge in [-0.15, -0.1) is 0 Å². The topological polar surface area (TPSA) is 77.5 Å². The van der Waals surface area contributed by atoms with E-state index in [0.29, 0.717) is 16.7 Å². The van der Waals surface area contributed by atoms with Crippen molar-refractivity contribution in [2.45, 2.75) is 0 Å². The van der Waals surface area contributed by atoms with E-state index in [1.54, 1.807) is 30.3 Å². The van der Waals surface area contributed by atoms with Crippen LogP contribution >= 0.6 is 0 Å². The summed E-state index contributed by atoms with van der Waals surface area (Å²) in [6, 6.07) is 14.3. The Labute approximate surface area is 148 Å².